The van der Waals surface area contributed by atoms with Crippen LogP contribution in [-0.2, 0) is 11.3 Å². The fourth-order valence-electron chi connectivity index (χ4n) is 1.53. The van der Waals surface area contributed by atoms with Crippen LogP contribution in [-0.4, -0.2) is 38.3 Å². The summed E-state index contributed by atoms with van der Waals surface area (Å²) >= 11 is 6.12. The first-order valence-corrected chi connectivity index (χ1v) is 6.70. The highest BCUT2D eigenvalue weighted by atomic mass is 35.5. The fraction of sp³-hybridized carbons (Fsp3) is 0.615. The van der Waals surface area contributed by atoms with Crippen LogP contribution in [0.2, 0.25) is 5.02 Å². The Kier molecular flexibility index (Phi) is 7.01. The number of hydrogen-bond acceptors (Lipinski definition) is 4. The van der Waals surface area contributed by atoms with Crippen LogP contribution in [0.25, 0.3) is 0 Å². The molecule has 0 atom stereocenters. The number of likely N-dealkylation sites (N-methyl/N-ethyl adjacent to an activating group) is 1. The Balaban J connectivity index is 2.64. The molecular formula is C13H22ClN3O. The first-order valence-electron chi connectivity index (χ1n) is 6.33. The van der Waals surface area contributed by atoms with Crippen molar-refractivity contribution in [3.8, 4) is 0 Å². The van der Waals surface area contributed by atoms with Crippen LogP contribution >= 0.6 is 11.6 Å². The maximum absolute atomic E-state index is 6.12. The minimum atomic E-state index is 0.706. The van der Waals surface area contributed by atoms with Gasteiger partial charge in [0.1, 0.15) is 5.82 Å². The molecule has 1 rings (SSSR count). The number of halogens is 1. The van der Waals surface area contributed by atoms with Gasteiger partial charge in [-0.2, -0.15) is 0 Å². The second-order valence-corrected chi connectivity index (χ2v) is 4.44. The van der Waals surface area contributed by atoms with Gasteiger partial charge in [-0.25, -0.2) is 4.98 Å². The molecule has 0 saturated heterocycles. The molecule has 0 bridgehead atoms. The Morgan fingerprint density at radius 3 is 2.89 bits per heavy atom. The summed E-state index contributed by atoms with van der Waals surface area (Å²) in [5, 5.41) is 3.97. The molecule has 1 aromatic rings. The van der Waals surface area contributed by atoms with Crippen LogP contribution in [0.1, 0.15) is 19.4 Å². The average Bonchev–Trinajstić information content (AvgIpc) is 2.38. The summed E-state index contributed by atoms with van der Waals surface area (Å²) in [5.74, 6) is 0.923. The summed E-state index contributed by atoms with van der Waals surface area (Å²) in [6.07, 6.45) is 1.71. The number of nitrogens with zero attached hydrogens (tertiary/aromatic N) is 2. The Labute approximate surface area is 114 Å². The van der Waals surface area contributed by atoms with Gasteiger partial charge in [-0.05, 0) is 25.1 Å². The Morgan fingerprint density at radius 2 is 2.22 bits per heavy atom. The lowest BCUT2D eigenvalue weighted by Gasteiger charge is -2.19. The molecule has 0 fully saturated rings. The maximum Gasteiger partial charge on any atom is 0.128 e. The van der Waals surface area contributed by atoms with Crippen molar-refractivity contribution >= 4 is 17.4 Å². The van der Waals surface area contributed by atoms with Gasteiger partial charge in [0.15, 0.2) is 0 Å². The first kappa shape index (κ1) is 15.2. The minimum Gasteiger partial charge on any atom is -0.380 e. The number of nitrogens with one attached hydrogen (secondary N) is 1. The Morgan fingerprint density at radius 1 is 1.44 bits per heavy atom. The van der Waals surface area contributed by atoms with E-state index in [0.29, 0.717) is 11.6 Å². The average molecular weight is 272 g/mol. The maximum atomic E-state index is 6.12. The summed E-state index contributed by atoms with van der Waals surface area (Å²) in [5.41, 5.74) is 1.08. The van der Waals surface area contributed by atoms with Gasteiger partial charge in [0.05, 0.1) is 11.6 Å². The molecule has 0 aliphatic carbocycles. The van der Waals surface area contributed by atoms with Crippen LogP contribution in [0.15, 0.2) is 12.3 Å². The van der Waals surface area contributed by atoms with Gasteiger partial charge >= 0.3 is 0 Å². The highest BCUT2D eigenvalue weighted by Gasteiger charge is 2.06. The normalized spacial score (nSPS) is 10.7. The van der Waals surface area contributed by atoms with Gasteiger partial charge in [-0.1, -0.05) is 18.5 Å². The number of pyridine rings is 1. The quantitative estimate of drug-likeness (QED) is 0.737. The van der Waals surface area contributed by atoms with Crippen LogP contribution in [0, 0.1) is 0 Å². The molecule has 0 unspecified atom stereocenters. The van der Waals surface area contributed by atoms with Crippen molar-refractivity contribution in [1.29, 1.82) is 0 Å². The van der Waals surface area contributed by atoms with E-state index in [9.17, 15) is 0 Å². The number of hydrogen-bond donors (Lipinski definition) is 1. The predicted molar refractivity (Wildman–Crippen MR) is 76.4 cm³/mol. The minimum absolute atomic E-state index is 0.706. The van der Waals surface area contributed by atoms with Crippen LogP contribution < -0.4 is 10.2 Å². The monoisotopic (exact) mass is 271 g/mol. The Bertz CT molecular complexity index is 360. The molecule has 1 N–H and O–H groups in total. The summed E-state index contributed by atoms with van der Waals surface area (Å²) in [4.78, 5) is 6.41. The molecular weight excluding hydrogens is 250 g/mol. The van der Waals surface area contributed by atoms with E-state index in [0.717, 1.165) is 37.6 Å². The first-order chi connectivity index (χ1) is 8.69. The summed E-state index contributed by atoms with van der Waals surface area (Å²) in [7, 11) is 2.01. The molecule has 0 radical (unpaired) electrons. The molecule has 4 nitrogen and oxygen atoms in total. The zero-order chi connectivity index (χ0) is 13.4. The Hall–Kier alpha value is -0.840. The molecule has 102 valence electrons. The van der Waals surface area contributed by atoms with Crippen molar-refractivity contribution in [2.45, 2.75) is 20.4 Å². The number of anilines is 1. The smallest absolute Gasteiger partial charge is 0.128 e. The van der Waals surface area contributed by atoms with Gasteiger partial charge in [-0.15, -0.1) is 0 Å². The van der Waals surface area contributed by atoms with Crippen LogP contribution in [0.5, 0.6) is 0 Å². The molecule has 0 aliphatic rings. The lowest BCUT2D eigenvalue weighted by Crippen LogP contribution is -2.24. The van der Waals surface area contributed by atoms with Crippen molar-refractivity contribution in [2.75, 3.05) is 38.3 Å². The van der Waals surface area contributed by atoms with E-state index < -0.39 is 0 Å². The number of rotatable bonds is 8. The van der Waals surface area contributed by atoms with Gasteiger partial charge in [0.25, 0.3) is 0 Å². The number of aromatic nitrogens is 1. The topological polar surface area (TPSA) is 37.4 Å². The van der Waals surface area contributed by atoms with E-state index in [1.165, 1.54) is 0 Å². The summed E-state index contributed by atoms with van der Waals surface area (Å²) < 4.78 is 5.34. The summed E-state index contributed by atoms with van der Waals surface area (Å²) in [6.45, 7) is 8.04. The zero-order valence-electron chi connectivity index (χ0n) is 11.4. The van der Waals surface area contributed by atoms with E-state index in [2.05, 4.69) is 22.1 Å². The van der Waals surface area contributed by atoms with Crippen molar-refractivity contribution in [1.82, 2.24) is 10.3 Å². The van der Waals surface area contributed by atoms with Gasteiger partial charge in [0.2, 0.25) is 0 Å². The van der Waals surface area contributed by atoms with Crippen LogP contribution in [0.4, 0.5) is 5.82 Å². The standard InChI is InChI=1S/C13H22ClN3O/c1-4-15-9-11-8-13(16-10-12(11)14)17(3)6-7-18-5-2/h8,10,15H,4-7,9H2,1-3H3. The van der Waals surface area contributed by atoms with Gasteiger partial charge < -0.3 is 15.0 Å². The third-order valence-electron chi connectivity index (χ3n) is 2.65. The van der Waals surface area contributed by atoms with E-state index >= 15 is 0 Å². The molecule has 0 saturated carbocycles. The van der Waals surface area contributed by atoms with Crippen molar-refractivity contribution in [3.63, 3.8) is 0 Å². The van der Waals surface area contributed by atoms with E-state index in [4.69, 9.17) is 16.3 Å². The molecule has 0 aromatic carbocycles. The second-order valence-electron chi connectivity index (χ2n) is 4.03. The number of ether oxygens (including phenoxy) is 1. The second kappa shape index (κ2) is 8.29. The highest BCUT2D eigenvalue weighted by molar-refractivity contribution is 6.31. The fourth-order valence-corrected chi connectivity index (χ4v) is 1.70. The van der Waals surface area contributed by atoms with Crippen LogP contribution in [0.3, 0.4) is 0 Å². The SMILES string of the molecule is CCNCc1cc(N(C)CCOCC)ncc1Cl. The third kappa shape index (κ3) is 4.80. The molecule has 1 aromatic heterocycles. The summed E-state index contributed by atoms with van der Waals surface area (Å²) in [6, 6.07) is 2.02. The molecule has 1 heterocycles. The molecule has 18 heavy (non-hydrogen) atoms. The van der Waals surface area contributed by atoms with E-state index in [-0.39, 0.29) is 0 Å². The van der Waals surface area contributed by atoms with Gasteiger partial charge in [0, 0.05) is 32.9 Å². The highest BCUT2D eigenvalue weighted by Crippen LogP contribution is 2.19. The van der Waals surface area contributed by atoms with E-state index in [1.807, 2.05) is 20.0 Å². The molecule has 0 spiro atoms. The van der Waals surface area contributed by atoms with E-state index in [1.54, 1.807) is 6.20 Å². The zero-order valence-corrected chi connectivity index (χ0v) is 12.1. The van der Waals surface area contributed by atoms with Crippen molar-refractivity contribution < 1.29 is 4.74 Å². The predicted octanol–water partition coefficient (Wildman–Crippen LogP) is 2.32. The van der Waals surface area contributed by atoms with Crippen molar-refractivity contribution in [2.24, 2.45) is 0 Å². The van der Waals surface area contributed by atoms with Gasteiger partial charge in [-0.3, -0.25) is 0 Å². The molecule has 0 amide bonds. The third-order valence-corrected chi connectivity index (χ3v) is 2.99. The largest absolute Gasteiger partial charge is 0.380 e. The lowest BCUT2D eigenvalue weighted by atomic mass is 10.2. The molecule has 0 aliphatic heterocycles. The van der Waals surface area contributed by atoms with Crippen molar-refractivity contribution in [3.05, 3.63) is 22.8 Å². The lowest BCUT2D eigenvalue weighted by molar-refractivity contribution is 0.154. The molecule has 5 heteroatoms.